The van der Waals surface area contributed by atoms with Gasteiger partial charge in [-0.05, 0) is 24.3 Å². The molecule has 0 aliphatic rings. The third-order valence-electron chi connectivity index (χ3n) is 2.62. The van der Waals surface area contributed by atoms with E-state index in [4.69, 9.17) is 4.74 Å². The van der Waals surface area contributed by atoms with Crippen molar-refractivity contribution in [2.24, 2.45) is 0 Å². The van der Waals surface area contributed by atoms with Gasteiger partial charge >= 0.3 is 0 Å². The maximum atomic E-state index is 13.3. The molecule has 0 fully saturated rings. The molecule has 0 radical (unpaired) electrons. The first-order valence-corrected chi connectivity index (χ1v) is 7.71. The molecule has 1 amide bonds. The number of amides is 1. The molecule has 2 aromatic rings. The van der Waals surface area contributed by atoms with Crippen LogP contribution in [-0.4, -0.2) is 24.0 Å². The summed E-state index contributed by atoms with van der Waals surface area (Å²) < 4.78 is 18.9. The van der Waals surface area contributed by atoms with Crippen LogP contribution >= 0.6 is 11.8 Å². The van der Waals surface area contributed by atoms with Gasteiger partial charge in [0.15, 0.2) is 0 Å². The number of ether oxygens (including phenoxy) is 1. The minimum atomic E-state index is -0.428. The Morgan fingerprint density at radius 1 is 1.10 bits per heavy atom. The highest BCUT2D eigenvalue weighted by molar-refractivity contribution is 7.99. The number of rotatable bonds is 7. The van der Waals surface area contributed by atoms with E-state index in [9.17, 15) is 9.18 Å². The molecule has 21 heavy (non-hydrogen) atoms. The van der Waals surface area contributed by atoms with Gasteiger partial charge in [-0.15, -0.1) is 11.8 Å². The molecular formula is C16H16FNO2S. The maximum absolute atomic E-state index is 13.3. The zero-order chi connectivity index (χ0) is 14.9. The van der Waals surface area contributed by atoms with Gasteiger partial charge in [0.1, 0.15) is 11.6 Å². The van der Waals surface area contributed by atoms with Gasteiger partial charge in [0.2, 0.25) is 5.91 Å². The molecule has 0 aliphatic carbocycles. The largest absolute Gasteiger partial charge is 0.493 e. The molecule has 0 saturated carbocycles. The van der Waals surface area contributed by atoms with Gasteiger partial charge in [0.25, 0.3) is 0 Å². The van der Waals surface area contributed by atoms with E-state index >= 15 is 0 Å². The second-order valence-electron chi connectivity index (χ2n) is 4.24. The zero-order valence-electron chi connectivity index (χ0n) is 11.4. The summed E-state index contributed by atoms with van der Waals surface area (Å²) in [5.41, 5.74) is 0.212. The van der Waals surface area contributed by atoms with Gasteiger partial charge < -0.3 is 10.1 Å². The van der Waals surface area contributed by atoms with E-state index < -0.39 is 5.82 Å². The van der Waals surface area contributed by atoms with Gasteiger partial charge in [0.05, 0.1) is 18.0 Å². The van der Waals surface area contributed by atoms with Crippen LogP contribution in [0.4, 0.5) is 10.1 Å². The highest BCUT2D eigenvalue weighted by atomic mass is 32.2. The first-order chi connectivity index (χ1) is 10.3. The Morgan fingerprint density at radius 2 is 1.81 bits per heavy atom. The number of hydrogen-bond acceptors (Lipinski definition) is 3. The summed E-state index contributed by atoms with van der Waals surface area (Å²) in [7, 11) is 0. The molecule has 2 rings (SSSR count). The zero-order valence-corrected chi connectivity index (χ0v) is 12.2. The fourth-order valence-electron chi connectivity index (χ4n) is 1.65. The summed E-state index contributed by atoms with van der Waals surface area (Å²) in [6.07, 6.45) is 0. The Balaban J connectivity index is 1.63. The van der Waals surface area contributed by atoms with Crippen molar-refractivity contribution in [3.63, 3.8) is 0 Å². The van der Waals surface area contributed by atoms with E-state index in [0.29, 0.717) is 12.4 Å². The molecular weight excluding hydrogens is 289 g/mol. The number of halogens is 1. The summed E-state index contributed by atoms with van der Waals surface area (Å²) >= 11 is 1.45. The summed E-state index contributed by atoms with van der Waals surface area (Å²) in [6.45, 7) is 0.529. The van der Waals surface area contributed by atoms with Crippen LogP contribution in [0, 0.1) is 5.82 Å². The Bertz CT molecular complexity index is 577. The minimum absolute atomic E-state index is 0.212. The minimum Gasteiger partial charge on any atom is -0.493 e. The molecule has 3 nitrogen and oxygen atoms in total. The molecule has 110 valence electrons. The molecule has 0 spiro atoms. The average Bonchev–Trinajstić information content (AvgIpc) is 2.50. The Labute approximate surface area is 127 Å². The maximum Gasteiger partial charge on any atom is 0.234 e. The topological polar surface area (TPSA) is 38.3 Å². The van der Waals surface area contributed by atoms with Gasteiger partial charge in [-0.3, -0.25) is 4.79 Å². The first-order valence-electron chi connectivity index (χ1n) is 6.55. The monoisotopic (exact) mass is 305 g/mol. The first kappa shape index (κ1) is 15.4. The molecule has 0 saturated heterocycles. The van der Waals surface area contributed by atoms with Crippen LogP contribution in [-0.2, 0) is 4.79 Å². The van der Waals surface area contributed by atoms with Crippen molar-refractivity contribution in [2.45, 2.75) is 0 Å². The number of anilines is 1. The van der Waals surface area contributed by atoms with Crippen LogP contribution in [0.15, 0.2) is 54.6 Å². The van der Waals surface area contributed by atoms with Crippen molar-refractivity contribution in [3.05, 3.63) is 60.4 Å². The van der Waals surface area contributed by atoms with Gasteiger partial charge in [-0.1, -0.05) is 30.3 Å². The van der Waals surface area contributed by atoms with Crippen LogP contribution in [0.5, 0.6) is 5.75 Å². The van der Waals surface area contributed by atoms with E-state index in [2.05, 4.69) is 5.32 Å². The predicted octanol–water partition coefficient (Wildman–Crippen LogP) is 3.58. The Kier molecular flexibility index (Phi) is 6.09. The van der Waals surface area contributed by atoms with Crippen LogP contribution in [0.2, 0.25) is 0 Å². The summed E-state index contributed by atoms with van der Waals surface area (Å²) in [5.74, 6) is 1.13. The molecule has 0 heterocycles. The lowest BCUT2D eigenvalue weighted by Gasteiger charge is -2.07. The Hall–Kier alpha value is -2.01. The fourth-order valence-corrected chi connectivity index (χ4v) is 2.25. The summed E-state index contributed by atoms with van der Waals surface area (Å²) in [6, 6.07) is 15.6. The van der Waals surface area contributed by atoms with E-state index in [1.807, 2.05) is 30.3 Å². The number of carbonyl (C=O) groups is 1. The highest BCUT2D eigenvalue weighted by Crippen LogP contribution is 2.13. The van der Waals surface area contributed by atoms with Gasteiger partial charge in [0, 0.05) is 5.75 Å². The number of para-hydroxylation sites is 2. The van der Waals surface area contributed by atoms with Crippen molar-refractivity contribution in [1.29, 1.82) is 0 Å². The number of hydrogen-bond donors (Lipinski definition) is 1. The van der Waals surface area contributed by atoms with Crippen molar-refractivity contribution < 1.29 is 13.9 Å². The molecule has 0 bridgehead atoms. The molecule has 0 aromatic heterocycles. The van der Waals surface area contributed by atoms with Crippen molar-refractivity contribution in [2.75, 3.05) is 23.4 Å². The number of nitrogens with one attached hydrogen (secondary N) is 1. The lowest BCUT2D eigenvalue weighted by molar-refractivity contribution is -0.113. The van der Waals surface area contributed by atoms with Crippen molar-refractivity contribution >= 4 is 23.4 Å². The van der Waals surface area contributed by atoms with E-state index in [1.165, 1.54) is 23.9 Å². The van der Waals surface area contributed by atoms with Crippen LogP contribution in [0.1, 0.15) is 0 Å². The molecule has 2 aromatic carbocycles. The fraction of sp³-hybridized carbons (Fsp3) is 0.188. The lowest BCUT2D eigenvalue weighted by Crippen LogP contribution is -2.16. The quantitative estimate of drug-likeness (QED) is 0.795. The summed E-state index contributed by atoms with van der Waals surface area (Å²) in [4.78, 5) is 11.7. The second kappa shape index (κ2) is 8.32. The van der Waals surface area contributed by atoms with Crippen molar-refractivity contribution in [3.8, 4) is 5.75 Å². The predicted molar refractivity (Wildman–Crippen MR) is 84.3 cm³/mol. The molecule has 0 aliphatic heterocycles. The molecule has 1 N–H and O–H groups in total. The average molecular weight is 305 g/mol. The summed E-state index contributed by atoms with van der Waals surface area (Å²) in [5, 5.41) is 2.54. The smallest absolute Gasteiger partial charge is 0.234 e. The number of benzene rings is 2. The van der Waals surface area contributed by atoms with Crippen LogP contribution in [0.25, 0.3) is 0 Å². The van der Waals surface area contributed by atoms with Gasteiger partial charge in [-0.2, -0.15) is 0 Å². The van der Waals surface area contributed by atoms with Crippen molar-refractivity contribution in [1.82, 2.24) is 0 Å². The second-order valence-corrected chi connectivity index (χ2v) is 5.35. The van der Waals surface area contributed by atoms with Gasteiger partial charge in [-0.25, -0.2) is 4.39 Å². The Morgan fingerprint density at radius 3 is 2.57 bits per heavy atom. The van der Waals surface area contributed by atoms with Crippen LogP contribution in [0.3, 0.4) is 0 Å². The third kappa shape index (κ3) is 5.47. The molecule has 0 unspecified atom stereocenters. The molecule has 0 atom stereocenters. The normalized spacial score (nSPS) is 10.1. The molecule has 5 heteroatoms. The number of thioether (sulfide) groups is 1. The highest BCUT2D eigenvalue weighted by Gasteiger charge is 2.06. The third-order valence-corrected chi connectivity index (χ3v) is 3.54. The lowest BCUT2D eigenvalue weighted by atomic mass is 10.3. The standard InChI is InChI=1S/C16H16FNO2S/c17-14-8-4-5-9-15(14)18-16(19)12-21-11-10-20-13-6-2-1-3-7-13/h1-9H,10-12H2,(H,18,19). The van der Waals surface area contributed by atoms with E-state index in [0.717, 1.165) is 5.75 Å². The SMILES string of the molecule is O=C(CSCCOc1ccccc1)Nc1ccccc1F. The van der Waals surface area contributed by atoms with Crippen LogP contribution < -0.4 is 10.1 Å². The van der Waals surface area contributed by atoms with E-state index in [1.54, 1.807) is 12.1 Å². The number of carbonyl (C=O) groups excluding carboxylic acids is 1. The van der Waals surface area contributed by atoms with E-state index in [-0.39, 0.29) is 17.3 Å².